The van der Waals surface area contributed by atoms with Crippen molar-refractivity contribution in [2.24, 2.45) is 0 Å². The number of hydrogen-bond acceptors (Lipinski definition) is 3. The predicted octanol–water partition coefficient (Wildman–Crippen LogP) is 1.84. The first-order chi connectivity index (χ1) is 10.5. The van der Waals surface area contributed by atoms with Crippen LogP contribution in [0.3, 0.4) is 0 Å². The summed E-state index contributed by atoms with van der Waals surface area (Å²) in [7, 11) is 0. The molecule has 0 aliphatic heterocycles. The van der Waals surface area contributed by atoms with Crippen molar-refractivity contribution in [1.82, 2.24) is 24.9 Å². The molecule has 2 heterocycles. The van der Waals surface area contributed by atoms with Gasteiger partial charge >= 0.3 is 0 Å². The molecule has 1 amide bonds. The fraction of sp³-hybridized carbons (Fsp3) is 0.500. The Bertz CT molecular complexity index is 635. The number of aryl methyl sites for hydroxylation is 3. The van der Waals surface area contributed by atoms with Gasteiger partial charge in [0.25, 0.3) is 6.43 Å². The van der Waals surface area contributed by atoms with Crippen LogP contribution in [0.15, 0.2) is 18.3 Å². The van der Waals surface area contributed by atoms with Crippen molar-refractivity contribution in [1.29, 1.82) is 0 Å². The topological polar surface area (TPSA) is 64.7 Å². The van der Waals surface area contributed by atoms with Crippen molar-refractivity contribution >= 4 is 5.91 Å². The van der Waals surface area contributed by atoms with Crippen molar-refractivity contribution in [2.75, 3.05) is 6.54 Å². The molecule has 0 fully saturated rings. The van der Waals surface area contributed by atoms with E-state index in [0.29, 0.717) is 25.2 Å². The highest BCUT2D eigenvalue weighted by molar-refractivity contribution is 5.75. The van der Waals surface area contributed by atoms with Crippen LogP contribution in [0.25, 0.3) is 0 Å². The minimum atomic E-state index is -2.64. The summed E-state index contributed by atoms with van der Waals surface area (Å²) in [6, 6.07) is 3.20. The summed E-state index contributed by atoms with van der Waals surface area (Å²) >= 11 is 0. The second-order valence-electron chi connectivity index (χ2n) is 5.07. The molecule has 22 heavy (non-hydrogen) atoms. The minimum Gasteiger partial charge on any atom is -0.354 e. The average Bonchev–Trinajstić information content (AvgIpc) is 3.01. The summed E-state index contributed by atoms with van der Waals surface area (Å²) < 4.78 is 28.5. The molecule has 0 aliphatic rings. The standard InChI is InChI=1S/C14H19F2N5O/c1-10-8-12(14(15)16)21(19-10)9-13(22)17-5-3-7-20-11(2)4-6-18-20/h4,6,8,14H,3,5,7,9H2,1-2H3,(H,17,22). The van der Waals surface area contributed by atoms with Crippen molar-refractivity contribution in [3.05, 3.63) is 35.4 Å². The number of nitrogens with one attached hydrogen (secondary N) is 1. The van der Waals surface area contributed by atoms with Crippen LogP contribution in [-0.4, -0.2) is 32.0 Å². The molecule has 6 nitrogen and oxygen atoms in total. The zero-order valence-electron chi connectivity index (χ0n) is 12.6. The van der Waals surface area contributed by atoms with E-state index in [-0.39, 0.29) is 18.1 Å². The average molecular weight is 311 g/mol. The maximum absolute atomic E-state index is 12.8. The Kier molecular flexibility index (Phi) is 5.24. The van der Waals surface area contributed by atoms with Crippen molar-refractivity contribution < 1.29 is 13.6 Å². The SMILES string of the molecule is Cc1cc(C(F)F)n(CC(=O)NCCCn2nccc2C)n1. The summed E-state index contributed by atoms with van der Waals surface area (Å²) in [6.45, 7) is 4.53. The van der Waals surface area contributed by atoms with Crippen LogP contribution in [-0.2, 0) is 17.9 Å². The zero-order valence-corrected chi connectivity index (χ0v) is 12.6. The van der Waals surface area contributed by atoms with Gasteiger partial charge in [-0.25, -0.2) is 8.78 Å². The zero-order chi connectivity index (χ0) is 16.1. The Hall–Kier alpha value is -2.25. The number of halogens is 2. The molecule has 8 heteroatoms. The summed E-state index contributed by atoms with van der Waals surface area (Å²) in [4.78, 5) is 11.8. The van der Waals surface area contributed by atoms with Crippen molar-refractivity contribution in [3.63, 3.8) is 0 Å². The molecule has 1 N–H and O–H groups in total. The normalized spacial score (nSPS) is 11.1. The number of aromatic nitrogens is 4. The molecule has 0 aromatic carbocycles. The van der Waals surface area contributed by atoms with E-state index in [1.165, 1.54) is 6.07 Å². The number of hydrogen-bond donors (Lipinski definition) is 1. The first-order valence-electron chi connectivity index (χ1n) is 7.05. The Morgan fingerprint density at radius 2 is 2.14 bits per heavy atom. The van der Waals surface area contributed by atoms with Crippen LogP contribution >= 0.6 is 0 Å². The Morgan fingerprint density at radius 1 is 1.36 bits per heavy atom. The molecule has 2 rings (SSSR count). The van der Waals surface area contributed by atoms with Crippen molar-refractivity contribution in [2.45, 2.75) is 39.8 Å². The monoisotopic (exact) mass is 311 g/mol. The van der Waals surface area contributed by atoms with Crippen LogP contribution in [0.4, 0.5) is 8.78 Å². The van der Waals surface area contributed by atoms with Gasteiger partial charge in [0.1, 0.15) is 12.2 Å². The summed E-state index contributed by atoms with van der Waals surface area (Å²) in [6.07, 6.45) is -0.203. The number of carbonyl (C=O) groups excluding carboxylic acids is 1. The molecular formula is C14H19F2N5O. The Balaban J connectivity index is 1.77. The van der Waals surface area contributed by atoms with E-state index < -0.39 is 6.43 Å². The third-order valence-corrected chi connectivity index (χ3v) is 3.25. The van der Waals surface area contributed by atoms with E-state index in [4.69, 9.17) is 0 Å². The van der Waals surface area contributed by atoms with Crippen LogP contribution in [0.2, 0.25) is 0 Å². The predicted molar refractivity (Wildman–Crippen MR) is 76.5 cm³/mol. The fourth-order valence-electron chi connectivity index (χ4n) is 2.15. The minimum absolute atomic E-state index is 0.200. The molecule has 0 saturated carbocycles. The second-order valence-corrected chi connectivity index (χ2v) is 5.07. The maximum Gasteiger partial charge on any atom is 0.280 e. The van der Waals surface area contributed by atoms with Gasteiger partial charge in [-0.05, 0) is 32.4 Å². The van der Waals surface area contributed by atoms with Gasteiger partial charge in [0.2, 0.25) is 5.91 Å². The second kappa shape index (κ2) is 7.15. The highest BCUT2D eigenvalue weighted by Gasteiger charge is 2.17. The lowest BCUT2D eigenvalue weighted by molar-refractivity contribution is -0.121. The number of amides is 1. The number of alkyl halides is 2. The fourth-order valence-corrected chi connectivity index (χ4v) is 2.15. The van der Waals surface area contributed by atoms with Gasteiger partial charge in [-0.3, -0.25) is 14.2 Å². The Labute approximate surface area is 127 Å². The third-order valence-electron chi connectivity index (χ3n) is 3.25. The van der Waals surface area contributed by atoms with Crippen LogP contribution < -0.4 is 5.32 Å². The molecule has 0 radical (unpaired) electrons. The lowest BCUT2D eigenvalue weighted by atomic mass is 10.3. The molecule has 0 unspecified atom stereocenters. The summed E-state index contributed by atoms with van der Waals surface area (Å²) in [5, 5.41) is 10.8. The quantitative estimate of drug-likeness (QED) is 0.794. The number of nitrogens with zero attached hydrogens (tertiary/aromatic N) is 4. The van der Waals surface area contributed by atoms with Gasteiger partial charge in [-0.15, -0.1) is 0 Å². The lowest BCUT2D eigenvalue weighted by Gasteiger charge is -2.08. The summed E-state index contributed by atoms with van der Waals surface area (Å²) in [5.41, 5.74) is 1.29. The Morgan fingerprint density at radius 3 is 2.77 bits per heavy atom. The molecule has 0 aliphatic carbocycles. The van der Waals surface area contributed by atoms with E-state index in [2.05, 4.69) is 15.5 Å². The molecule has 2 aromatic rings. The molecule has 0 saturated heterocycles. The summed E-state index contributed by atoms with van der Waals surface area (Å²) in [5.74, 6) is -0.331. The third kappa shape index (κ3) is 4.12. The van der Waals surface area contributed by atoms with Gasteiger partial charge in [0.05, 0.1) is 5.69 Å². The highest BCUT2D eigenvalue weighted by Crippen LogP contribution is 2.19. The van der Waals surface area contributed by atoms with E-state index >= 15 is 0 Å². The van der Waals surface area contributed by atoms with Crippen molar-refractivity contribution in [3.8, 4) is 0 Å². The van der Waals surface area contributed by atoms with E-state index in [1.807, 2.05) is 17.7 Å². The lowest BCUT2D eigenvalue weighted by Crippen LogP contribution is -2.30. The molecule has 2 aromatic heterocycles. The van der Waals surface area contributed by atoms with Crippen LogP contribution in [0, 0.1) is 13.8 Å². The van der Waals surface area contributed by atoms with E-state index in [0.717, 1.165) is 10.4 Å². The largest absolute Gasteiger partial charge is 0.354 e. The molecule has 0 spiro atoms. The number of rotatable bonds is 7. The first kappa shape index (κ1) is 16.1. The highest BCUT2D eigenvalue weighted by atomic mass is 19.3. The molecular weight excluding hydrogens is 292 g/mol. The van der Waals surface area contributed by atoms with Gasteiger partial charge in [-0.1, -0.05) is 0 Å². The number of carbonyl (C=O) groups is 1. The van der Waals surface area contributed by atoms with Gasteiger partial charge < -0.3 is 5.32 Å². The van der Waals surface area contributed by atoms with Crippen LogP contribution in [0.5, 0.6) is 0 Å². The smallest absolute Gasteiger partial charge is 0.280 e. The van der Waals surface area contributed by atoms with Gasteiger partial charge in [0.15, 0.2) is 0 Å². The van der Waals surface area contributed by atoms with Gasteiger partial charge in [0, 0.05) is 25.0 Å². The van der Waals surface area contributed by atoms with E-state index in [1.54, 1.807) is 13.1 Å². The van der Waals surface area contributed by atoms with Crippen LogP contribution in [0.1, 0.15) is 29.9 Å². The molecule has 0 bridgehead atoms. The van der Waals surface area contributed by atoms with E-state index in [9.17, 15) is 13.6 Å². The molecule has 120 valence electrons. The molecule has 0 atom stereocenters. The maximum atomic E-state index is 12.8. The first-order valence-corrected chi connectivity index (χ1v) is 7.05. The van der Waals surface area contributed by atoms with Gasteiger partial charge in [-0.2, -0.15) is 10.2 Å².